The lowest BCUT2D eigenvalue weighted by molar-refractivity contribution is -0.122. The summed E-state index contributed by atoms with van der Waals surface area (Å²) in [5.74, 6) is 0.458. The Morgan fingerprint density at radius 1 is 1.28 bits per heavy atom. The Morgan fingerprint density at radius 2 is 1.92 bits per heavy atom. The number of carbonyl (C=O) groups excluding carboxylic acids is 2. The highest BCUT2D eigenvalue weighted by Crippen LogP contribution is 2.28. The molecule has 0 fully saturated rings. The normalized spacial score (nSPS) is 12.6. The molecule has 25 heavy (non-hydrogen) atoms. The van der Waals surface area contributed by atoms with Crippen LogP contribution in [0.5, 0.6) is 11.5 Å². The van der Waals surface area contributed by atoms with Crippen molar-refractivity contribution in [1.82, 2.24) is 10.6 Å². The molecule has 0 aromatic heterocycles. The Labute approximate surface area is 155 Å². The van der Waals surface area contributed by atoms with Crippen LogP contribution >= 0.6 is 12.4 Å². The van der Waals surface area contributed by atoms with Gasteiger partial charge in [0.25, 0.3) is 11.8 Å². The van der Waals surface area contributed by atoms with Crippen LogP contribution in [0.2, 0.25) is 0 Å². The number of hydrogen-bond donors (Lipinski definition) is 3. The van der Waals surface area contributed by atoms with Gasteiger partial charge in [-0.3, -0.25) is 9.59 Å². The number of nitrogens with one attached hydrogen (secondary N) is 2. The van der Waals surface area contributed by atoms with E-state index in [1.165, 1.54) is 14.2 Å². The number of likely N-dealkylation sites (N-methyl/N-ethyl adjacent to an activating group) is 1. The number of hydrogen-bond acceptors (Lipinski definition) is 5. The Morgan fingerprint density at radius 3 is 2.40 bits per heavy atom. The standard InChI is InChI=1S/C17H27N3O4.ClH/c1-11(2)17(3,10-18)20-16(22)12-6-7-13(14(8-12)23-5)24-9-15(21)19-4;/h6-8,11H,9-10,18H2,1-5H3,(H,19,21)(H,20,22);1H. The van der Waals surface area contributed by atoms with Crippen LogP contribution in [0.25, 0.3) is 0 Å². The summed E-state index contributed by atoms with van der Waals surface area (Å²) in [6.07, 6.45) is 0. The number of ether oxygens (including phenoxy) is 2. The van der Waals surface area contributed by atoms with E-state index in [-0.39, 0.29) is 36.7 Å². The Balaban J connectivity index is 0.00000576. The molecule has 1 unspecified atom stereocenters. The quantitative estimate of drug-likeness (QED) is 0.638. The van der Waals surface area contributed by atoms with Gasteiger partial charge in [-0.25, -0.2) is 0 Å². The van der Waals surface area contributed by atoms with Crippen molar-refractivity contribution in [3.8, 4) is 11.5 Å². The van der Waals surface area contributed by atoms with E-state index in [1.807, 2.05) is 20.8 Å². The van der Waals surface area contributed by atoms with Crippen LogP contribution < -0.4 is 25.8 Å². The number of benzene rings is 1. The van der Waals surface area contributed by atoms with Crippen LogP contribution in [-0.2, 0) is 4.79 Å². The summed E-state index contributed by atoms with van der Waals surface area (Å²) in [5.41, 5.74) is 5.73. The molecule has 0 aliphatic carbocycles. The minimum atomic E-state index is -0.501. The van der Waals surface area contributed by atoms with E-state index in [4.69, 9.17) is 15.2 Å². The summed E-state index contributed by atoms with van der Waals surface area (Å²) in [5, 5.41) is 5.43. The van der Waals surface area contributed by atoms with E-state index in [2.05, 4.69) is 10.6 Å². The topological polar surface area (TPSA) is 103 Å². The van der Waals surface area contributed by atoms with Crippen molar-refractivity contribution >= 4 is 24.2 Å². The maximum atomic E-state index is 12.5. The number of nitrogens with two attached hydrogens (primary N) is 1. The van der Waals surface area contributed by atoms with Crippen LogP contribution in [0, 0.1) is 5.92 Å². The van der Waals surface area contributed by atoms with Crippen molar-refractivity contribution in [3.63, 3.8) is 0 Å². The fraction of sp³-hybridized carbons (Fsp3) is 0.529. The van der Waals surface area contributed by atoms with Gasteiger partial charge in [-0.2, -0.15) is 0 Å². The number of carbonyl (C=O) groups is 2. The largest absolute Gasteiger partial charge is 0.493 e. The zero-order valence-corrected chi connectivity index (χ0v) is 16.2. The smallest absolute Gasteiger partial charge is 0.257 e. The fourth-order valence-corrected chi connectivity index (χ4v) is 1.91. The van der Waals surface area contributed by atoms with Crippen molar-refractivity contribution in [3.05, 3.63) is 23.8 Å². The first-order valence-corrected chi connectivity index (χ1v) is 7.81. The predicted molar refractivity (Wildman–Crippen MR) is 99.6 cm³/mol. The average molecular weight is 374 g/mol. The zero-order chi connectivity index (χ0) is 18.3. The Hall–Kier alpha value is -1.99. The van der Waals surface area contributed by atoms with Crippen LogP contribution in [0.15, 0.2) is 18.2 Å². The first-order chi connectivity index (χ1) is 11.3. The summed E-state index contributed by atoms with van der Waals surface area (Å²) < 4.78 is 10.6. The van der Waals surface area contributed by atoms with Crippen molar-refractivity contribution in [1.29, 1.82) is 0 Å². The second-order valence-corrected chi connectivity index (χ2v) is 6.06. The maximum absolute atomic E-state index is 12.5. The monoisotopic (exact) mass is 373 g/mol. The van der Waals surface area contributed by atoms with E-state index in [0.717, 1.165) is 0 Å². The number of methoxy groups -OCH3 is 1. The van der Waals surface area contributed by atoms with Crippen molar-refractivity contribution in [2.75, 3.05) is 27.3 Å². The Bertz CT molecular complexity index is 595. The molecule has 7 nitrogen and oxygen atoms in total. The van der Waals surface area contributed by atoms with Gasteiger partial charge in [0.05, 0.1) is 12.6 Å². The lowest BCUT2D eigenvalue weighted by Gasteiger charge is -2.33. The molecule has 0 radical (unpaired) electrons. The van der Waals surface area contributed by atoms with Gasteiger partial charge in [0.2, 0.25) is 0 Å². The van der Waals surface area contributed by atoms with E-state index in [1.54, 1.807) is 18.2 Å². The molecule has 1 aromatic rings. The first kappa shape index (κ1) is 23.0. The molecule has 0 aliphatic rings. The maximum Gasteiger partial charge on any atom is 0.257 e. The van der Waals surface area contributed by atoms with Gasteiger partial charge in [0.15, 0.2) is 18.1 Å². The van der Waals surface area contributed by atoms with Crippen molar-refractivity contribution < 1.29 is 19.1 Å². The average Bonchev–Trinajstić information content (AvgIpc) is 2.58. The second-order valence-electron chi connectivity index (χ2n) is 6.06. The summed E-state index contributed by atoms with van der Waals surface area (Å²) in [6, 6.07) is 4.80. The van der Waals surface area contributed by atoms with E-state index in [0.29, 0.717) is 23.6 Å². The van der Waals surface area contributed by atoms with E-state index < -0.39 is 5.54 Å². The molecule has 0 saturated carbocycles. The van der Waals surface area contributed by atoms with Gasteiger partial charge in [-0.15, -0.1) is 12.4 Å². The molecule has 1 atom stereocenters. The van der Waals surface area contributed by atoms with Crippen LogP contribution in [0.1, 0.15) is 31.1 Å². The molecule has 1 aromatic carbocycles. The molecule has 8 heteroatoms. The van der Waals surface area contributed by atoms with Gasteiger partial charge in [-0.1, -0.05) is 13.8 Å². The number of halogens is 1. The minimum Gasteiger partial charge on any atom is -0.493 e. The minimum absolute atomic E-state index is 0. The molecule has 4 N–H and O–H groups in total. The first-order valence-electron chi connectivity index (χ1n) is 7.81. The van der Waals surface area contributed by atoms with Gasteiger partial charge in [0.1, 0.15) is 0 Å². The van der Waals surface area contributed by atoms with Gasteiger partial charge < -0.3 is 25.8 Å². The zero-order valence-electron chi connectivity index (χ0n) is 15.3. The third-order valence-electron chi connectivity index (χ3n) is 4.16. The molecule has 0 spiro atoms. The Kier molecular flexibility index (Phi) is 9.30. The molecule has 1 rings (SSSR count). The molecule has 0 saturated heterocycles. The summed E-state index contributed by atoms with van der Waals surface area (Å²) >= 11 is 0. The molecule has 0 bridgehead atoms. The number of rotatable bonds is 8. The van der Waals surface area contributed by atoms with E-state index in [9.17, 15) is 9.59 Å². The lowest BCUT2D eigenvalue weighted by Crippen LogP contribution is -2.55. The van der Waals surface area contributed by atoms with Crippen LogP contribution in [0.3, 0.4) is 0 Å². The van der Waals surface area contributed by atoms with E-state index >= 15 is 0 Å². The number of amides is 2. The molecule has 0 aliphatic heterocycles. The SMILES string of the molecule is CNC(=O)COc1ccc(C(=O)NC(C)(CN)C(C)C)cc1OC.Cl. The predicted octanol–water partition coefficient (Wildman–Crippen LogP) is 1.34. The summed E-state index contributed by atoms with van der Waals surface area (Å²) in [6.45, 7) is 6.12. The summed E-state index contributed by atoms with van der Waals surface area (Å²) in [7, 11) is 3.00. The van der Waals surface area contributed by atoms with Crippen LogP contribution in [0.4, 0.5) is 0 Å². The highest BCUT2D eigenvalue weighted by Gasteiger charge is 2.29. The molecule has 2 amide bonds. The fourth-order valence-electron chi connectivity index (χ4n) is 1.91. The third kappa shape index (κ3) is 6.10. The molecule has 0 heterocycles. The third-order valence-corrected chi connectivity index (χ3v) is 4.16. The van der Waals surface area contributed by atoms with Gasteiger partial charge >= 0.3 is 0 Å². The molecular weight excluding hydrogens is 346 g/mol. The lowest BCUT2D eigenvalue weighted by atomic mass is 9.88. The molecular formula is C17H28ClN3O4. The highest BCUT2D eigenvalue weighted by atomic mass is 35.5. The van der Waals surface area contributed by atoms with Gasteiger partial charge in [-0.05, 0) is 31.0 Å². The van der Waals surface area contributed by atoms with Crippen molar-refractivity contribution in [2.24, 2.45) is 11.7 Å². The summed E-state index contributed by atoms with van der Waals surface area (Å²) in [4.78, 5) is 23.7. The van der Waals surface area contributed by atoms with Gasteiger partial charge in [0, 0.05) is 19.2 Å². The second kappa shape index (κ2) is 10.1. The van der Waals surface area contributed by atoms with Crippen LogP contribution in [-0.4, -0.2) is 44.7 Å². The van der Waals surface area contributed by atoms with Crippen molar-refractivity contribution in [2.45, 2.75) is 26.3 Å². The molecule has 142 valence electrons. The highest BCUT2D eigenvalue weighted by molar-refractivity contribution is 5.95.